The van der Waals surface area contributed by atoms with E-state index in [-0.39, 0.29) is 5.91 Å². The Morgan fingerprint density at radius 1 is 1.19 bits per heavy atom. The highest BCUT2D eigenvalue weighted by Crippen LogP contribution is 2.37. The zero-order chi connectivity index (χ0) is 18.1. The number of fused-ring (bicyclic) bond motifs is 4. The van der Waals surface area contributed by atoms with Crippen molar-refractivity contribution in [1.29, 1.82) is 0 Å². The lowest BCUT2D eigenvalue weighted by Gasteiger charge is -2.52. The predicted octanol–water partition coefficient (Wildman–Crippen LogP) is 1.94. The maximum Gasteiger partial charge on any atom is 0.234 e. The minimum absolute atomic E-state index is 0.0992. The summed E-state index contributed by atoms with van der Waals surface area (Å²) in [6.07, 6.45) is 4.10. The topological polar surface area (TPSA) is 52.7 Å². The summed E-state index contributed by atoms with van der Waals surface area (Å²) >= 11 is 0. The first kappa shape index (κ1) is 17.5. The summed E-state index contributed by atoms with van der Waals surface area (Å²) < 4.78 is 0. The molecule has 5 heteroatoms. The first-order valence-corrected chi connectivity index (χ1v) is 9.92. The van der Waals surface area contributed by atoms with Crippen molar-refractivity contribution >= 4 is 11.8 Å². The lowest BCUT2D eigenvalue weighted by molar-refractivity contribution is -0.145. The van der Waals surface area contributed by atoms with Gasteiger partial charge in [-0.3, -0.25) is 14.5 Å². The SMILES string of the molecule is Cc1ccc(CNC(=O)CN2C[C@H]3C[C@H](C2)[C@H]2CCCC(=O)N2C3)cc1. The van der Waals surface area contributed by atoms with E-state index in [1.165, 1.54) is 12.0 Å². The van der Waals surface area contributed by atoms with Crippen LogP contribution in [-0.4, -0.2) is 53.8 Å². The highest BCUT2D eigenvalue weighted by Gasteiger charge is 2.43. The Hall–Kier alpha value is -1.88. The number of piperidine rings is 3. The molecule has 4 rings (SSSR count). The van der Waals surface area contributed by atoms with Gasteiger partial charge in [-0.15, -0.1) is 0 Å². The standard InChI is InChI=1S/C21H29N3O2/c1-15-5-7-16(8-6-15)10-22-20(25)14-23-11-17-9-18(13-23)19-3-2-4-21(26)24(19)12-17/h5-8,17-19H,2-4,9-14H2,1H3,(H,22,25)/t17-,18-,19-/m1/s1. The molecule has 3 fully saturated rings. The molecule has 3 aliphatic heterocycles. The normalized spacial score (nSPS) is 28.6. The molecule has 5 nitrogen and oxygen atoms in total. The molecule has 3 saturated heterocycles. The average molecular weight is 355 g/mol. The number of aryl methyl sites for hydroxylation is 1. The second-order valence-electron chi connectivity index (χ2n) is 8.32. The highest BCUT2D eigenvalue weighted by molar-refractivity contribution is 5.78. The van der Waals surface area contributed by atoms with Gasteiger partial charge in [-0.1, -0.05) is 29.8 Å². The molecule has 3 heterocycles. The summed E-state index contributed by atoms with van der Waals surface area (Å²) in [5, 5.41) is 3.05. The van der Waals surface area contributed by atoms with Crippen molar-refractivity contribution in [3.05, 3.63) is 35.4 Å². The minimum atomic E-state index is 0.0992. The van der Waals surface area contributed by atoms with E-state index in [1.807, 2.05) is 0 Å². The molecule has 1 aromatic rings. The van der Waals surface area contributed by atoms with E-state index in [0.717, 1.165) is 44.5 Å². The summed E-state index contributed by atoms with van der Waals surface area (Å²) in [6.45, 7) is 5.90. The van der Waals surface area contributed by atoms with Crippen LogP contribution in [-0.2, 0) is 16.1 Å². The zero-order valence-corrected chi connectivity index (χ0v) is 15.6. The van der Waals surface area contributed by atoms with Gasteiger partial charge < -0.3 is 10.2 Å². The van der Waals surface area contributed by atoms with Crippen LogP contribution >= 0.6 is 0 Å². The maximum atomic E-state index is 12.4. The third kappa shape index (κ3) is 3.78. The van der Waals surface area contributed by atoms with E-state index in [0.29, 0.717) is 36.9 Å². The van der Waals surface area contributed by atoms with E-state index < -0.39 is 0 Å². The van der Waals surface area contributed by atoms with Crippen molar-refractivity contribution in [2.24, 2.45) is 11.8 Å². The van der Waals surface area contributed by atoms with Crippen LogP contribution in [0.5, 0.6) is 0 Å². The number of nitrogens with one attached hydrogen (secondary N) is 1. The number of amides is 2. The Morgan fingerprint density at radius 2 is 2.00 bits per heavy atom. The van der Waals surface area contributed by atoms with Crippen LogP contribution in [0.2, 0.25) is 0 Å². The zero-order valence-electron chi connectivity index (χ0n) is 15.6. The number of likely N-dealkylation sites (tertiary alicyclic amines) is 1. The monoisotopic (exact) mass is 355 g/mol. The highest BCUT2D eigenvalue weighted by atomic mass is 16.2. The number of carbonyl (C=O) groups excluding carboxylic acids is 2. The maximum absolute atomic E-state index is 12.4. The molecule has 2 amide bonds. The van der Waals surface area contributed by atoms with E-state index in [9.17, 15) is 9.59 Å². The molecule has 0 aliphatic carbocycles. The number of nitrogens with zero attached hydrogens (tertiary/aromatic N) is 2. The summed E-state index contributed by atoms with van der Waals surface area (Å²) in [5.41, 5.74) is 2.37. The van der Waals surface area contributed by atoms with E-state index >= 15 is 0 Å². The summed E-state index contributed by atoms with van der Waals surface area (Å²) in [5.74, 6) is 1.51. The van der Waals surface area contributed by atoms with Gasteiger partial charge in [0.1, 0.15) is 0 Å². The summed E-state index contributed by atoms with van der Waals surface area (Å²) in [4.78, 5) is 29.1. The number of hydrogen-bond acceptors (Lipinski definition) is 3. The van der Waals surface area contributed by atoms with Crippen LogP contribution in [0.25, 0.3) is 0 Å². The van der Waals surface area contributed by atoms with Crippen molar-refractivity contribution < 1.29 is 9.59 Å². The molecule has 1 aromatic carbocycles. The average Bonchev–Trinajstić information content (AvgIpc) is 2.62. The van der Waals surface area contributed by atoms with Gasteiger partial charge in [0.05, 0.1) is 6.54 Å². The van der Waals surface area contributed by atoms with Crippen molar-refractivity contribution in [2.45, 2.75) is 45.2 Å². The second-order valence-corrected chi connectivity index (χ2v) is 8.32. The lowest BCUT2D eigenvalue weighted by Crippen LogP contribution is -2.61. The van der Waals surface area contributed by atoms with Gasteiger partial charge >= 0.3 is 0 Å². The number of hydrogen-bond donors (Lipinski definition) is 1. The first-order valence-electron chi connectivity index (χ1n) is 9.92. The summed E-state index contributed by atoms with van der Waals surface area (Å²) in [7, 11) is 0. The van der Waals surface area contributed by atoms with Gasteiger partial charge in [-0.05, 0) is 43.6 Å². The molecule has 140 valence electrons. The molecule has 0 unspecified atom stereocenters. The molecule has 0 spiro atoms. The third-order valence-corrected chi connectivity index (χ3v) is 6.23. The predicted molar refractivity (Wildman–Crippen MR) is 100 cm³/mol. The van der Waals surface area contributed by atoms with E-state index in [4.69, 9.17) is 0 Å². The van der Waals surface area contributed by atoms with Crippen molar-refractivity contribution in [3.63, 3.8) is 0 Å². The molecule has 0 radical (unpaired) electrons. The lowest BCUT2D eigenvalue weighted by atomic mass is 9.76. The van der Waals surface area contributed by atoms with Gasteiger partial charge in [0.25, 0.3) is 0 Å². The van der Waals surface area contributed by atoms with Crippen molar-refractivity contribution in [2.75, 3.05) is 26.2 Å². The van der Waals surface area contributed by atoms with Crippen LogP contribution in [0.4, 0.5) is 0 Å². The van der Waals surface area contributed by atoms with Gasteiger partial charge in [-0.25, -0.2) is 0 Å². The van der Waals surface area contributed by atoms with Crippen LogP contribution < -0.4 is 5.32 Å². The Morgan fingerprint density at radius 3 is 2.81 bits per heavy atom. The molecule has 26 heavy (non-hydrogen) atoms. The number of carbonyl (C=O) groups is 2. The fourth-order valence-electron chi connectivity index (χ4n) is 5.01. The van der Waals surface area contributed by atoms with Crippen molar-refractivity contribution in [3.8, 4) is 0 Å². The van der Waals surface area contributed by atoms with Crippen LogP contribution in [0.3, 0.4) is 0 Å². The number of benzene rings is 1. The molecule has 0 saturated carbocycles. The molecule has 3 atom stereocenters. The smallest absolute Gasteiger partial charge is 0.234 e. The van der Waals surface area contributed by atoms with Crippen LogP contribution in [0.15, 0.2) is 24.3 Å². The summed E-state index contributed by atoms with van der Waals surface area (Å²) in [6, 6.07) is 8.69. The van der Waals surface area contributed by atoms with Crippen LogP contribution in [0, 0.1) is 18.8 Å². The van der Waals surface area contributed by atoms with Gasteiger partial charge in [-0.2, -0.15) is 0 Å². The second kappa shape index (κ2) is 7.39. The quantitative estimate of drug-likeness (QED) is 0.898. The van der Waals surface area contributed by atoms with E-state index in [1.54, 1.807) is 0 Å². The van der Waals surface area contributed by atoms with E-state index in [2.05, 4.69) is 46.3 Å². The molecular formula is C21H29N3O2. The molecule has 3 aliphatic rings. The van der Waals surface area contributed by atoms with Crippen LogP contribution in [0.1, 0.15) is 36.8 Å². The number of rotatable bonds is 4. The Labute approximate surface area is 155 Å². The fraction of sp³-hybridized carbons (Fsp3) is 0.619. The minimum Gasteiger partial charge on any atom is -0.351 e. The third-order valence-electron chi connectivity index (χ3n) is 6.23. The molecule has 2 bridgehead atoms. The largest absolute Gasteiger partial charge is 0.351 e. The Bertz CT molecular complexity index is 672. The van der Waals surface area contributed by atoms with Gasteiger partial charge in [0.2, 0.25) is 11.8 Å². The van der Waals surface area contributed by atoms with Gasteiger partial charge in [0, 0.05) is 38.6 Å². The molecular weight excluding hydrogens is 326 g/mol. The Kier molecular flexibility index (Phi) is 4.98. The van der Waals surface area contributed by atoms with Gasteiger partial charge in [0.15, 0.2) is 0 Å². The first-order chi connectivity index (χ1) is 12.6. The fourth-order valence-corrected chi connectivity index (χ4v) is 5.01. The molecule has 0 aromatic heterocycles. The Balaban J connectivity index is 1.30. The van der Waals surface area contributed by atoms with Crippen molar-refractivity contribution in [1.82, 2.24) is 15.1 Å². The molecule has 1 N–H and O–H groups in total.